The highest BCUT2D eigenvalue weighted by atomic mass is 79.9. The number of nitrogens with two attached hydrogens (primary N) is 1. The van der Waals surface area contributed by atoms with Crippen LogP contribution in [0.3, 0.4) is 0 Å². The van der Waals surface area contributed by atoms with Gasteiger partial charge in [0.05, 0.1) is 0 Å². The Hall–Kier alpha value is -1.26. The van der Waals surface area contributed by atoms with Crippen molar-refractivity contribution < 1.29 is 0 Å². The monoisotopic (exact) mass is 362 g/mol. The van der Waals surface area contributed by atoms with E-state index in [1.807, 2.05) is 18.2 Å². The SMILES string of the molecule is CC(C)(C)c1ccc(Sc2ccc(C(=N)N)c(Br)c2)cc1. The average Bonchev–Trinajstić information content (AvgIpc) is 2.38. The fraction of sp³-hybridized carbons (Fsp3) is 0.235. The third-order valence-corrected chi connectivity index (χ3v) is 4.84. The Labute approximate surface area is 138 Å². The predicted molar refractivity (Wildman–Crippen MR) is 94.4 cm³/mol. The first-order valence-corrected chi connectivity index (χ1v) is 8.30. The van der Waals surface area contributed by atoms with E-state index in [1.165, 1.54) is 10.5 Å². The van der Waals surface area contributed by atoms with Gasteiger partial charge in [-0.05, 0) is 57.2 Å². The number of hydrogen-bond acceptors (Lipinski definition) is 2. The summed E-state index contributed by atoms with van der Waals surface area (Å²) in [5, 5.41) is 7.49. The van der Waals surface area contributed by atoms with Gasteiger partial charge in [-0.3, -0.25) is 5.41 Å². The van der Waals surface area contributed by atoms with Gasteiger partial charge in [0.15, 0.2) is 0 Å². The molecule has 0 atom stereocenters. The number of rotatable bonds is 3. The van der Waals surface area contributed by atoms with Crippen LogP contribution in [0.5, 0.6) is 0 Å². The Morgan fingerprint density at radius 1 is 1.05 bits per heavy atom. The highest BCUT2D eigenvalue weighted by molar-refractivity contribution is 9.10. The predicted octanol–water partition coefficient (Wildman–Crippen LogP) is 5.18. The van der Waals surface area contributed by atoms with E-state index in [0.29, 0.717) is 0 Å². The van der Waals surface area contributed by atoms with Crippen molar-refractivity contribution in [1.29, 1.82) is 5.41 Å². The van der Waals surface area contributed by atoms with Crippen LogP contribution in [0.2, 0.25) is 0 Å². The fourth-order valence-corrected chi connectivity index (χ4v) is 3.54. The van der Waals surface area contributed by atoms with E-state index in [2.05, 4.69) is 61.0 Å². The first-order chi connectivity index (χ1) is 9.77. The number of nitrogens with one attached hydrogen (secondary N) is 1. The maximum Gasteiger partial charge on any atom is 0.123 e. The zero-order valence-electron chi connectivity index (χ0n) is 12.4. The van der Waals surface area contributed by atoms with Crippen molar-refractivity contribution in [2.75, 3.05) is 0 Å². The molecule has 0 heterocycles. The molecule has 0 radical (unpaired) electrons. The van der Waals surface area contributed by atoms with Gasteiger partial charge in [0.2, 0.25) is 0 Å². The molecular weight excluding hydrogens is 344 g/mol. The van der Waals surface area contributed by atoms with E-state index in [0.717, 1.165) is 14.9 Å². The second-order valence-corrected chi connectivity index (χ2v) is 7.93. The molecule has 0 amide bonds. The molecule has 2 rings (SSSR count). The molecule has 0 bridgehead atoms. The minimum absolute atomic E-state index is 0.0768. The van der Waals surface area contributed by atoms with Crippen LogP contribution < -0.4 is 5.73 Å². The van der Waals surface area contributed by atoms with Crippen molar-refractivity contribution in [3.05, 3.63) is 58.1 Å². The summed E-state index contributed by atoms with van der Waals surface area (Å²) in [6.07, 6.45) is 0. The lowest BCUT2D eigenvalue weighted by Crippen LogP contribution is -2.11. The third-order valence-electron chi connectivity index (χ3n) is 3.19. The maximum atomic E-state index is 7.49. The molecule has 0 unspecified atom stereocenters. The molecule has 3 N–H and O–H groups in total. The number of halogens is 1. The first kappa shape index (κ1) is 16.1. The Morgan fingerprint density at radius 3 is 2.10 bits per heavy atom. The van der Waals surface area contributed by atoms with Crippen LogP contribution in [-0.2, 0) is 5.41 Å². The number of amidine groups is 1. The zero-order valence-corrected chi connectivity index (χ0v) is 14.8. The van der Waals surface area contributed by atoms with Crippen LogP contribution >= 0.6 is 27.7 Å². The topological polar surface area (TPSA) is 49.9 Å². The Morgan fingerprint density at radius 2 is 1.62 bits per heavy atom. The molecule has 2 aromatic rings. The Bertz CT molecular complexity index is 657. The van der Waals surface area contributed by atoms with E-state index in [4.69, 9.17) is 11.1 Å². The van der Waals surface area contributed by atoms with Gasteiger partial charge >= 0.3 is 0 Å². The molecule has 0 aliphatic heterocycles. The Kier molecular flexibility index (Phi) is 4.79. The molecule has 2 nitrogen and oxygen atoms in total. The number of benzene rings is 2. The minimum Gasteiger partial charge on any atom is -0.384 e. The highest BCUT2D eigenvalue weighted by Crippen LogP contribution is 2.32. The molecule has 110 valence electrons. The maximum absolute atomic E-state index is 7.49. The summed E-state index contributed by atoms with van der Waals surface area (Å²) < 4.78 is 0.853. The first-order valence-electron chi connectivity index (χ1n) is 6.70. The minimum atomic E-state index is 0.0768. The lowest BCUT2D eigenvalue weighted by Gasteiger charge is -2.19. The quantitative estimate of drug-likeness (QED) is 0.583. The van der Waals surface area contributed by atoms with E-state index >= 15 is 0 Å². The van der Waals surface area contributed by atoms with Crippen LogP contribution in [-0.4, -0.2) is 5.84 Å². The Balaban J connectivity index is 2.19. The molecule has 4 heteroatoms. The summed E-state index contributed by atoms with van der Waals surface area (Å²) in [5.74, 6) is 0.0768. The van der Waals surface area contributed by atoms with Gasteiger partial charge in [-0.15, -0.1) is 0 Å². The van der Waals surface area contributed by atoms with Crippen LogP contribution in [0.4, 0.5) is 0 Å². The number of hydrogen-bond donors (Lipinski definition) is 2. The van der Waals surface area contributed by atoms with E-state index in [-0.39, 0.29) is 11.3 Å². The third kappa shape index (κ3) is 4.11. The van der Waals surface area contributed by atoms with Crippen molar-refractivity contribution in [1.82, 2.24) is 0 Å². The fourth-order valence-electron chi connectivity index (χ4n) is 1.94. The smallest absolute Gasteiger partial charge is 0.123 e. The summed E-state index contributed by atoms with van der Waals surface area (Å²) in [5.41, 5.74) is 7.75. The molecular formula is C17H19BrN2S. The van der Waals surface area contributed by atoms with Gasteiger partial charge in [0.1, 0.15) is 5.84 Å². The van der Waals surface area contributed by atoms with Crippen LogP contribution in [0.1, 0.15) is 31.9 Å². The van der Waals surface area contributed by atoms with Crippen LogP contribution in [0, 0.1) is 5.41 Å². The van der Waals surface area contributed by atoms with Gasteiger partial charge in [-0.2, -0.15) is 0 Å². The second-order valence-electron chi connectivity index (χ2n) is 5.93. The molecule has 0 aromatic heterocycles. The van der Waals surface area contributed by atoms with Crippen molar-refractivity contribution >= 4 is 33.5 Å². The van der Waals surface area contributed by atoms with Gasteiger partial charge < -0.3 is 5.73 Å². The lowest BCUT2D eigenvalue weighted by atomic mass is 9.87. The average molecular weight is 363 g/mol. The van der Waals surface area contributed by atoms with Crippen molar-refractivity contribution in [3.63, 3.8) is 0 Å². The molecule has 0 fully saturated rings. The van der Waals surface area contributed by atoms with Gasteiger partial charge in [0.25, 0.3) is 0 Å². The molecule has 21 heavy (non-hydrogen) atoms. The zero-order chi connectivity index (χ0) is 15.6. The molecule has 0 aliphatic carbocycles. The lowest BCUT2D eigenvalue weighted by molar-refractivity contribution is 0.590. The van der Waals surface area contributed by atoms with E-state index < -0.39 is 0 Å². The van der Waals surface area contributed by atoms with Crippen molar-refractivity contribution in [2.45, 2.75) is 36.0 Å². The molecule has 2 aromatic carbocycles. The summed E-state index contributed by atoms with van der Waals surface area (Å²) in [6.45, 7) is 6.65. The summed E-state index contributed by atoms with van der Waals surface area (Å²) >= 11 is 5.16. The van der Waals surface area contributed by atoms with Crippen LogP contribution in [0.15, 0.2) is 56.7 Å². The van der Waals surface area contributed by atoms with Gasteiger partial charge in [-0.25, -0.2) is 0 Å². The largest absolute Gasteiger partial charge is 0.384 e. The van der Waals surface area contributed by atoms with E-state index in [1.54, 1.807) is 11.8 Å². The molecule has 0 aliphatic rings. The van der Waals surface area contributed by atoms with Crippen molar-refractivity contribution in [3.8, 4) is 0 Å². The molecule has 0 saturated heterocycles. The summed E-state index contributed by atoms with van der Waals surface area (Å²) in [7, 11) is 0. The molecule has 0 saturated carbocycles. The van der Waals surface area contributed by atoms with Crippen molar-refractivity contribution in [2.24, 2.45) is 5.73 Å². The van der Waals surface area contributed by atoms with Gasteiger partial charge in [-0.1, -0.05) is 44.7 Å². The van der Waals surface area contributed by atoms with Gasteiger partial charge in [0, 0.05) is 19.8 Å². The second kappa shape index (κ2) is 6.24. The summed E-state index contributed by atoms with van der Waals surface area (Å²) in [6, 6.07) is 14.5. The molecule has 0 spiro atoms. The standard InChI is InChI=1S/C17H19BrN2S/c1-17(2,3)11-4-6-12(7-5-11)21-13-8-9-14(16(19)20)15(18)10-13/h4-10H,1-3H3,(H3,19,20). The number of nitrogen functional groups attached to an aromatic ring is 1. The summed E-state index contributed by atoms with van der Waals surface area (Å²) in [4.78, 5) is 2.32. The van der Waals surface area contributed by atoms with Crippen LogP contribution in [0.25, 0.3) is 0 Å². The highest BCUT2D eigenvalue weighted by Gasteiger charge is 2.13. The normalized spacial score (nSPS) is 11.4. The van der Waals surface area contributed by atoms with E-state index in [9.17, 15) is 0 Å².